The van der Waals surface area contributed by atoms with Gasteiger partial charge in [0.1, 0.15) is 12.2 Å². The minimum atomic E-state index is -2.78. The molecule has 11 nitrogen and oxygen atoms in total. The molecule has 0 saturated carbocycles. The maximum atomic E-state index is 14.1. The Labute approximate surface area is 230 Å². The number of aliphatic hydroxyl groups excluding tert-OH is 3. The predicted molar refractivity (Wildman–Crippen MR) is 131 cm³/mol. The molecule has 1 aliphatic rings. The van der Waals surface area contributed by atoms with Crippen molar-refractivity contribution in [3.8, 4) is 0 Å². The zero-order valence-corrected chi connectivity index (χ0v) is 21.4. The Morgan fingerprint density at radius 3 is 2.45 bits per heavy atom. The second-order valence-electron chi connectivity index (χ2n) is 8.92. The van der Waals surface area contributed by atoms with E-state index in [0.717, 1.165) is 18.2 Å². The van der Waals surface area contributed by atoms with Crippen LogP contribution in [0.15, 0.2) is 42.5 Å². The van der Waals surface area contributed by atoms with E-state index in [1.165, 1.54) is 24.3 Å². The fourth-order valence-electron chi connectivity index (χ4n) is 4.03. The molecule has 2 aromatic rings. The summed E-state index contributed by atoms with van der Waals surface area (Å²) in [6.07, 6.45) is -8.67. The molecule has 0 radical (unpaired) electrons. The number of carbonyl (C=O) groups is 3. The molecule has 0 aromatic heterocycles. The van der Waals surface area contributed by atoms with Crippen molar-refractivity contribution in [3.63, 3.8) is 0 Å². The molecule has 6 atom stereocenters. The average Bonchev–Trinajstić information content (AvgIpc) is 2.93. The van der Waals surface area contributed by atoms with Crippen molar-refractivity contribution in [1.29, 1.82) is 0 Å². The Bertz CT molecular complexity index is 1220. The fourth-order valence-corrected chi connectivity index (χ4v) is 4.16. The topological polar surface area (TPSA) is 175 Å². The van der Waals surface area contributed by atoms with E-state index in [0.29, 0.717) is 5.02 Å². The first-order chi connectivity index (χ1) is 18.9. The molecule has 15 heteroatoms. The van der Waals surface area contributed by atoms with E-state index < -0.39 is 97.5 Å². The number of hydrogen-bond acceptors (Lipinski definition) is 8. The summed E-state index contributed by atoms with van der Waals surface area (Å²) in [4.78, 5) is 36.3. The average molecular weight is 591 g/mol. The highest BCUT2D eigenvalue weighted by atomic mass is 35.5. The van der Waals surface area contributed by atoms with Crippen LogP contribution in [0.5, 0.6) is 0 Å². The van der Waals surface area contributed by atoms with Crippen LogP contribution in [-0.4, -0.2) is 87.7 Å². The molecule has 40 heavy (non-hydrogen) atoms. The molecule has 3 rings (SSSR count). The number of hydrogen-bond donors (Lipinski definition) is 6. The molecule has 0 aliphatic carbocycles. The molecule has 218 valence electrons. The fraction of sp³-hybridized carbons (Fsp3) is 0.400. The van der Waals surface area contributed by atoms with E-state index in [1.54, 1.807) is 0 Å². The Morgan fingerprint density at radius 2 is 1.82 bits per heavy atom. The summed E-state index contributed by atoms with van der Waals surface area (Å²) < 4.78 is 51.4. The van der Waals surface area contributed by atoms with Crippen LogP contribution in [0.2, 0.25) is 5.02 Å². The Morgan fingerprint density at radius 1 is 1.15 bits per heavy atom. The number of rotatable bonds is 11. The van der Waals surface area contributed by atoms with Crippen LogP contribution in [0.1, 0.15) is 22.3 Å². The summed E-state index contributed by atoms with van der Waals surface area (Å²) in [5.41, 5.74) is -0.236. The van der Waals surface area contributed by atoms with Gasteiger partial charge in [-0.3, -0.25) is 9.59 Å². The number of ether oxygens (including phenoxy) is 2. The van der Waals surface area contributed by atoms with Crippen molar-refractivity contribution in [2.24, 2.45) is 0 Å². The molecule has 2 amide bonds. The molecule has 0 bridgehead atoms. The summed E-state index contributed by atoms with van der Waals surface area (Å²) in [5, 5.41) is 46.8. The summed E-state index contributed by atoms with van der Waals surface area (Å²) >= 11 is 5.78. The number of halogens is 4. The molecule has 2 aromatic carbocycles. The lowest BCUT2D eigenvalue weighted by Gasteiger charge is -2.46. The number of carboxylic acids is 1. The van der Waals surface area contributed by atoms with Crippen molar-refractivity contribution in [1.82, 2.24) is 10.6 Å². The zero-order chi connectivity index (χ0) is 29.6. The Kier molecular flexibility index (Phi) is 10.5. The van der Waals surface area contributed by atoms with Gasteiger partial charge in [-0.15, -0.1) is 0 Å². The third kappa shape index (κ3) is 7.27. The van der Waals surface area contributed by atoms with Gasteiger partial charge in [0.05, 0.1) is 24.9 Å². The van der Waals surface area contributed by atoms with E-state index in [2.05, 4.69) is 5.32 Å². The molecule has 1 fully saturated rings. The Hall–Kier alpha value is -3.27. The first kappa shape index (κ1) is 31.3. The molecular formula is C25H26ClF3N2O9. The van der Waals surface area contributed by atoms with E-state index in [9.17, 15) is 48.0 Å². The molecular weight excluding hydrogens is 565 g/mol. The molecule has 1 heterocycles. The highest BCUT2D eigenvalue weighted by Gasteiger charge is 2.56. The normalized spacial score (nSPS) is 24.1. The first-order valence-corrected chi connectivity index (χ1v) is 12.2. The molecule has 1 saturated heterocycles. The van der Waals surface area contributed by atoms with Crippen molar-refractivity contribution in [3.05, 3.63) is 70.2 Å². The van der Waals surface area contributed by atoms with Gasteiger partial charge in [0.2, 0.25) is 0 Å². The maximum Gasteiger partial charge on any atom is 0.364 e. The van der Waals surface area contributed by atoms with Crippen molar-refractivity contribution < 1.29 is 57.5 Å². The quantitative estimate of drug-likeness (QED) is 0.220. The van der Waals surface area contributed by atoms with Gasteiger partial charge in [0.15, 0.2) is 18.3 Å². The van der Waals surface area contributed by atoms with Gasteiger partial charge < -0.3 is 40.5 Å². The van der Waals surface area contributed by atoms with Gasteiger partial charge in [-0.05, 0) is 30.3 Å². The minimum absolute atomic E-state index is 0.159. The minimum Gasteiger partial charge on any atom is -0.477 e. The second kappa shape index (κ2) is 13.4. The van der Waals surface area contributed by atoms with Crippen molar-refractivity contribution in [2.45, 2.75) is 49.3 Å². The number of nitrogens with one attached hydrogen (secondary N) is 2. The maximum absolute atomic E-state index is 14.1. The van der Waals surface area contributed by atoms with E-state index >= 15 is 0 Å². The summed E-state index contributed by atoms with van der Waals surface area (Å²) in [7, 11) is 0. The lowest BCUT2D eigenvalue weighted by Crippen LogP contribution is -2.68. The standard InChI is InChI=1S/C25H26ClF3N2O9/c26-14-6-4-12(5-7-14)23(36)30-10-17(33)21(35)22-20(31-18(34)9-27)16(32)8-25(40-22,24(37)38)39-11-13-2-1-3-15(28)19(13)29/h1-7,16-17,20-22,32-33,35H,8-11H2,(H,30,36)(H,31,34)(H,37,38)/t16-,17+,20+,21+,22+,25+/m0/s1. The summed E-state index contributed by atoms with van der Waals surface area (Å²) in [5.74, 6) is -9.11. The first-order valence-electron chi connectivity index (χ1n) is 11.8. The van der Waals surface area contributed by atoms with Crippen LogP contribution in [0.25, 0.3) is 0 Å². The number of carbonyl (C=O) groups excluding carboxylic acids is 2. The lowest BCUT2D eigenvalue weighted by atomic mass is 9.88. The van der Waals surface area contributed by atoms with Crippen LogP contribution in [0.4, 0.5) is 13.2 Å². The van der Waals surface area contributed by atoms with E-state index in [4.69, 9.17) is 21.1 Å². The van der Waals surface area contributed by atoms with Crippen LogP contribution >= 0.6 is 11.6 Å². The van der Waals surface area contributed by atoms with Gasteiger partial charge in [0, 0.05) is 29.1 Å². The number of carboxylic acid groups (broad SMARTS) is 1. The van der Waals surface area contributed by atoms with Gasteiger partial charge in [0.25, 0.3) is 17.6 Å². The number of benzene rings is 2. The van der Waals surface area contributed by atoms with Crippen LogP contribution in [-0.2, 0) is 25.7 Å². The number of alkyl halides is 1. The highest BCUT2D eigenvalue weighted by Crippen LogP contribution is 2.34. The lowest BCUT2D eigenvalue weighted by molar-refractivity contribution is -0.314. The van der Waals surface area contributed by atoms with Crippen molar-refractivity contribution >= 4 is 29.4 Å². The largest absolute Gasteiger partial charge is 0.477 e. The van der Waals surface area contributed by atoms with Gasteiger partial charge in [-0.1, -0.05) is 23.7 Å². The third-order valence-electron chi connectivity index (χ3n) is 6.15. The van der Waals surface area contributed by atoms with Crippen LogP contribution in [0.3, 0.4) is 0 Å². The summed E-state index contributed by atoms with van der Waals surface area (Å²) in [6, 6.07) is 7.09. The number of amides is 2. The van der Waals surface area contributed by atoms with Crippen molar-refractivity contribution in [2.75, 3.05) is 13.2 Å². The van der Waals surface area contributed by atoms with Gasteiger partial charge in [-0.25, -0.2) is 18.0 Å². The van der Waals surface area contributed by atoms with E-state index in [1.807, 2.05) is 5.32 Å². The van der Waals surface area contributed by atoms with Gasteiger partial charge >= 0.3 is 5.97 Å². The second-order valence-corrected chi connectivity index (χ2v) is 9.35. The monoisotopic (exact) mass is 590 g/mol. The number of aliphatic hydroxyl groups is 3. The SMILES string of the molecule is O=C(CF)N[C@H]1[C@H]([C@H](O)[C@H](O)CNC(=O)c2ccc(Cl)cc2)O[C@@](OCc2cccc(F)c2F)(C(=O)O)C[C@@H]1O. The third-order valence-corrected chi connectivity index (χ3v) is 6.40. The van der Waals surface area contributed by atoms with Crippen LogP contribution in [0, 0.1) is 11.6 Å². The molecule has 0 unspecified atom stereocenters. The molecule has 6 N–H and O–H groups in total. The molecule has 1 aliphatic heterocycles. The Balaban J connectivity index is 1.82. The smallest absolute Gasteiger partial charge is 0.364 e. The van der Waals surface area contributed by atoms with Crippen LogP contribution < -0.4 is 10.6 Å². The highest BCUT2D eigenvalue weighted by molar-refractivity contribution is 6.30. The number of aliphatic carboxylic acids is 1. The summed E-state index contributed by atoms with van der Waals surface area (Å²) in [6.45, 7) is -3.00. The molecule has 0 spiro atoms. The predicted octanol–water partition coefficient (Wildman–Crippen LogP) is 0.672. The van der Waals surface area contributed by atoms with Gasteiger partial charge in [-0.2, -0.15) is 0 Å². The zero-order valence-electron chi connectivity index (χ0n) is 20.6. The van der Waals surface area contributed by atoms with E-state index in [-0.39, 0.29) is 5.56 Å².